The lowest BCUT2D eigenvalue weighted by Gasteiger charge is -2.25. The molecule has 0 aliphatic carbocycles. The van der Waals surface area contributed by atoms with E-state index in [1.165, 1.54) is 17.8 Å². The molecular weight excluding hydrogens is 528 g/mol. The largest absolute Gasteiger partial charge is 0.374 e. The molecule has 0 bridgehead atoms. The monoisotopic (exact) mass is 560 g/mol. The summed E-state index contributed by atoms with van der Waals surface area (Å²) in [6.45, 7) is 1.13. The highest BCUT2D eigenvalue weighted by atomic mass is 32.2. The molecule has 0 amide bonds. The van der Waals surface area contributed by atoms with Crippen LogP contribution in [0.2, 0.25) is 0 Å². The van der Waals surface area contributed by atoms with E-state index in [1.54, 1.807) is 6.26 Å². The van der Waals surface area contributed by atoms with Gasteiger partial charge in [0.1, 0.15) is 18.3 Å². The van der Waals surface area contributed by atoms with E-state index in [0.717, 1.165) is 21.3 Å². The van der Waals surface area contributed by atoms with Crippen LogP contribution in [0, 0.1) is 0 Å². The minimum absolute atomic E-state index is 0.186. The first kappa shape index (κ1) is 28.1. The van der Waals surface area contributed by atoms with E-state index in [9.17, 15) is 9.59 Å². The normalized spacial score (nSPS) is 20.5. The van der Waals surface area contributed by atoms with Crippen LogP contribution in [0.4, 0.5) is 0 Å². The van der Waals surface area contributed by atoms with Crippen molar-refractivity contribution in [2.75, 3.05) is 12.9 Å². The van der Waals surface area contributed by atoms with Crippen LogP contribution >= 0.6 is 11.8 Å². The maximum Gasteiger partial charge on any atom is 0.331 e. The van der Waals surface area contributed by atoms with Gasteiger partial charge in [0.25, 0.3) is 5.56 Å². The minimum Gasteiger partial charge on any atom is -0.374 e. The Labute approximate surface area is 236 Å². The first-order valence-corrected chi connectivity index (χ1v) is 14.3. The molecule has 3 aromatic carbocycles. The summed E-state index contributed by atoms with van der Waals surface area (Å²) in [5.41, 5.74) is 1.92. The van der Waals surface area contributed by atoms with Crippen molar-refractivity contribution in [1.29, 1.82) is 0 Å². The molecule has 8 nitrogen and oxygen atoms in total. The first-order chi connectivity index (χ1) is 19.6. The lowest BCUT2D eigenvalue weighted by molar-refractivity contribution is -0.0926. The molecule has 4 unspecified atom stereocenters. The second kappa shape index (κ2) is 13.7. The molecule has 1 fully saturated rings. The lowest BCUT2D eigenvalue weighted by atomic mass is 10.1. The third-order valence-corrected chi connectivity index (χ3v) is 7.32. The number of ether oxygens (including phenoxy) is 4. The smallest absolute Gasteiger partial charge is 0.331 e. The van der Waals surface area contributed by atoms with Gasteiger partial charge in [-0.1, -0.05) is 91.0 Å². The molecule has 0 radical (unpaired) electrons. The Hall–Kier alpha value is -3.47. The number of rotatable bonds is 12. The molecule has 1 N–H and O–H groups in total. The molecule has 40 heavy (non-hydrogen) atoms. The van der Waals surface area contributed by atoms with Crippen molar-refractivity contribution in [1.82, 2.24) is 9.55 Å². The molecule has 1 saturated heterocycles. The quantitative estimate of drug-likeness (QED) is 0.201. The van der Waals surface area contributed by atoms with Gasteiger partial charge in [-0.3, -0.25) is 4.79 Å². The second-order valence-corrected chi connectivity index (χ2v) is 10.3. The van der Waals surface area contributed by atoms with Gasteiger partial charge < -0.3 is 23.9 Å². The molecule has 4 aromatic rings. The Kier molecular flexibility index (Phi) is 9.64. The number of aromatic nitrogens is 2. The average molecular weight is 561 g/mol. The van der Waals surface area contributed by atoms with Crippen LogP contribution in [-0.2, 0) is 38.8 Å². The minimum atomic E-state index is -1.01. The highest BCUT2D eigenvalue weighted by molar-refractivity contribution is 7.98. The van der Waals surface area contributed by atoms with Crippen LogP contribution in [-0.4, -0.2) is 40.7 Å². The van der Waals surface area contributed by atoms with Crippen molar-refractivity contribution in [3.05, 3.63) is 135 Å². The van der Waals surface area contributed by atoms with Crippen LogP contribution in [0.3, 0.4) is 0 Å². The van der Waals surface area contributed by atoms with E-state index in [-0.39, 0.29) is 13.2 Å². The summed E-state index contributed by atoms with van der Waals surface area (Å²) < 4.78 is 26.3. The maximum atomic E-state index is 13.1. The van der Waals surface area contributed by atoms with Crippen LogP contribution in [0.5, 0.6) is 0 Å². The van der Waals surface area contributed by atoms with Gasteiger partial charge >= 0.3 is 5.69 Å². The molecule has 0 saturated carbocycles. The van der Waals surface area contributed by atoms with Crippen molar-refractivity contribution < 1.29 is 18.9 Å². The zero-order chi connectivity index (χ0) is 27.7. The van der Waals surface area contributed by atoms with Gasteiger partial charge in [0, 0.05) is 6.07 Å². The number of thioether (sulfide) groups is 1. The molecule has 5 rings (SSSR count). The molecule has 9 heteroatoms. The average Bonchev–Trinajstić information content (AvgIpc) is 3.32. The second-order valence-electron chi connectivity index (χ2n) is 9.44. The topological polar surface area (TPSA) is 91.8 Å². The van der Waals surface area contributed by atoms with Gasteiger partial charge in [-0.25, -0.2) is 9.36 Å². The molecule has 2 heterocycles. The molecule has 4 atom stereocenters. The van der Waals surface area contributed by atoms with E-state index in [0.29, 0.717) is 18.2 Å². The van der Waals surface area contributed by atoms with E-state index in [1.807, 2.05) is 91.0 Å². The highest BCUT2D eigenvalue weighted by Gasteiger charge is 2.48. The van der Waals surface area contributed by atoms with Crippen LogP contribution < -0.4 is 11.2 Å². The van der Waals surface area contributed by atoms with Crippen LogP contribution in [0.15, 0.2) is 112 Å². The van der Waals surface area contributed by atoms with Crippen molar-refractivity contribution in [3.8, 4) is 0 Å². The fourth-order valence-corrected chi connectivity index (χ4v) is 5.07. The molecule has 0 spiro atoms. The Morgan fingerprint density at radius 3 is 1.82 bits per heavy atom. The summed E-state index contributed by atoms with van der Waals surface area (Å²) in [6, 6.07) is 30.7. The number of hydrogen-bond acceptors (Lipinski definition) is 7. The van der Waals surface area contributed by atoms with E-state index >= 15 is 0 Å². The summed E-state index contributed by atoms with van der Waals surface area (Å²) in [4.78, 5) is 29.0. The van der Waals surface area contributed by atoms with Crippen molar-refractivity contribution in [3.63, 3.8) is 0 Å². The predicted molar refractivity (Wildman–Crippen MR) is 153 cm³/mol. The third-order valence-electron chi connectivity index (χ3n) is 6.67. The zero-order valence-corrected chi connectivity index (χ0v) is 23.0. The summed E-state index contributed by atoms with van der Waals surface area (Å²) in [5.74, 6) is 0. The van der Waals surface area contributed by atoms with Crippen LogP contribution in [0.25, 0.3) is 0 Å². The molecule has 1 aromatic heterocycles. The fraction of sp³-hybridized carbons (Fsp3) is 0.290. The Balaban J connectivity index is 1.44. The van der Waals surface area contributed by atoms with Gasteiger partial charge in [-0.05, 0) is 22.9 Å². The number of aromatic amines is 1. The zero-order valence-electron chi connectivity index (χ0n) is 22.2. The highest BCUT2D eigenvalue weighted by Crippen LogP contribution is 2.34. The Morgan fingerprint density at radius 1 is 0.775 bits per heavy atom. The summed E-state index contributed by atoms with van der Waals surface area (Å²) in [5, 5.41) is 0.477. The lowest BCUT2D eigenvalue weighted by Crippen LogP contribution is -2.44. The number of hydrogen-bond donors (Lipinski definition) is 1. The summed E-state index contributed by atoms with van der Waals surface area (Å²) >= 11 is 1.29. The van der Waals surface area contributed by atoms with Gasteiger partial charge in [-0.15, -0.1) is 11.8 Å². The van der Waals surface area contributed by atoms with Crippen molar-refractivity contribution in [2.24, 2.45) is 0 Å². The van der Waals surface area contributed by atoms with E-state index in [2.05, 4.69) is 4.98 Å². The number of H-pyrrole nitrogens is 1. The van der Waals surface area contributed by atoms with Crippen LogP contribution in [0.1, 0.15) is 22.9 Å². The molecular formula is C31H32N2O6S. The Morgan fingerprint density at radius 2 is 1.30 bits per heavy atom. The van der Waals surface area contributed by atoms with E-state index in [4.69, 9.17) is 18.9 Å². The van der Waals surface area contributed by atoms with E-state index < -0.39 is 35.8 Å². The SMILES string of the molecule is CSc1cc(=O)n(C2OC(COCc3ccccc3)C(OCc3ccccc3)C2OCc2ccccc2)c(=O)[nH]1. The van der Waals surface area contributed by atoms with Gasteiger partial charge in [-0.2, -0.15) is 0 Å². The first-order valence-electron chi connectivity index (χ1n) is 13.1. The number of nitrogens with zero attached hydrogens (tertiary/aromatic N) is 1. The predicted octanol–water partition coefficient (Wildman–Crippen LogP) is 4.54. The summed E-state index contributed by atoms with van der Waals surface area (Å²) in [6.07, 6.45) is -1.18. The van der Waals surface area contributed by atoms with Crippen molar-refractivity contribution >= 4 is 11.8 Å². The summed E-state index contributed by atoms with van der Waals surface area (Å²) in [7, 11) is 0. The van der Waals surface area contributed by atoms with Gasteiger partial charge in [0.15, 0.2) is 6.23 Å². The number of benzene rings is 3. The van der Waals surface area contributed by atoms with Crippen molar-refractivity contribution in [2.45, 2.75) is 49.4 Å². The maximum absolute atomic E-state index is 13.1. The van der Waals surface area contributed by atoms with Gasteiger partial charge in [0.2, 0.25) is 0 Å². The molecule has 208 valence electrons. The standard InChI is InChI=1S/C31H32N2O6S/c1-40-26-17-27(34)33(31(35)32-26)30-29(38-20-24-15-9-4-10-16-24)28(37-19-23-13-7-3-8-14-23)25(39-30)21-36-18-22-11-5-2-6-12-22/h2-17,25,28-30H,18-21H2,1H3,(H,32,35). The molecule has 1 aliphatic rings. The Bertz CT molecular complexity index is 1430. The third kappa shape index (κ3) is 6.99. The number of nitrogens with one attached hydrogen (secondary N) is 1. The molecule has 1 aliphatic heterocycles. The van der Waals surface area contributed by atoms with Gasteiger partial charge in [0.05, 0.1) is 31.5 Å². The fourth-order valence-electron chi connectivity index (χ4n) is 4.66.